The second-order valence-electron chi connectivity index (χ2n) is 5.96. The third kappa shape index (κ3) is 3.23. The Kier molecular flexibility index (Phi) is 4.65. The van der Waals surface area contributed by atoms with Gasteiger partial charge in [0, 0.05) is 18.2 Å². The zero-order valence-electron chi connectivity index (χ0n) is 13.7. The molecular weight excluding hydrogens is 290 g/mol. The zero-order valence-corrected chi connectivity index (χ0v) is 13.7. The fourth-order valence-corrected chi connectivity index (χ4v) is 3.21. The number of hydrogen-bond donors (Lipinski definition) is 1. The van der Waals surface area contributed by atoms with Crippen LogP contribution >= 0.6 is 0 Å². The van der Waals surface area contributed by atoms with Crippen LogP contribution in [0.5, 0.6) is 5.75 Å². The average Bonchev–Trinajstić information content (AvgIpc) is 3.11. The Labute approximate surface area is 136 Å². The molecule has 1 aromatic heterocycles. The molecule has 1 atom stereocenters. The molecule has 3 rings (SSSR count). The Balaban J connectivity index is 1.81. The SMILES string of the molecule is CC[C@@H]1CCCCN1C(=O)c1cc(-c2cccc(OC)c2)n[nH]1. The van der Waals surface area contributed by atoms with Gasteiger partial charge in [-0.05, 0) is 43.9 Å². The summed E-state index contributed by atoms with van der Waals surface area (Å²) in [6.07, 6.45) is 4.39. The first-order valence-electron chi connectivity index (χ1n) is 8.23. The zero-order chi connectivity index (χ0) is 16.2. The molecule has 1 aliphatic rings. The molecule has 5 heteroatoms. The lowest BCUT2D eigenvalue weighted by Crippen LogP contribution is -2.43. The van der Waals surface area contributed by atoms with E-state index in [4.69, 9.17) is 4.74 Å². The number of aromatic amines is 1. The number of amides is 1. The minimum Gasteiger partial charge on any atom is -0.497 e. The standard InChI is InChI=1S/C18H23N3O2/c1-3-14-8-4-5-10-21(14)18(22)17-12-16(19-20-17)13-7-6-9-15(11-13)23-2/h6-7,9,11-12,14H,3-5,8,10H2,1-2H3,(H,19,20)/t14-/m1/s1. The maximum absolute atomic E-state index is 12.8. The highest BCUT2D eigenvalue weighted by Crippen LogP contribution is 2.25. The van der Waals surface area contributed by atoms with Crippen molar-refractivity contribution in [3.05, 3.63) is 36.0 Å². The predicted molar refractivity (Wildman–Crippen MR) is 89.5 cm³/mol. The van der Waals surface area contributed by atoms with Crippen LogP contribution in [0.3, 0.4) is 0 Å². The van der Waals surface area contributed by atoms with Gasteiger partial charge in [-0.3, -0.25) is 9.89 Å². The highest BCUT2D eigenvalue weighted by Gasteiger charge is 2.27. The summed E-state index contributed by atoms with van der Waals surface area (Å²) in [5.74, 6) is 0.832. The third-order valence-corrected chi connectivity index (χ3v) is 4.53. The lowest BCUT2D eigenvalue weighted by atomic mass is 9.99. The minimum atomic E-state index is 0.0539. The number of H-pyrrole nitrogens is 1. The Hall–Kier alpha value is -2.30. The number of ether oxygens (including phenoxy) is 1. The fraction of sp³-hybridized carbons (Fsp3) is 0.444. The van der Waals surface area contributed by atoms with E-state index < -0.39 is 0 Å². The van der Waals surface area contributed by atoms with Crippen molar-refractivity contribution in [2.45, 2.75) is 38.6 Å². The Morgan fingerprint density at radius 1 is 1.39 bits per heavy atom. The van der Waals surface area contributed by atoms with E-state index in [2.05, 4.69) is 17.1 Å². The van der Waals surface area contributed by atoms with Gasteiger partial charge in [0.05, 0.1) is 12.8 Å². The van der Waals surface area contributed by atoms with Crippen molar-refractivity contribution in [2.75, 3.05) is 13.7 Å². The van der Waals surface area contributed by atoms with Crippen molar-refractivity contribution >= 4 is 5.91 Å². The summed E-state index contributed by atoms with van der Waals surface area (Å²) in [7, 11) is 1.64. The van der Waals surface area contributed by atoms with Gasteiger partial charge in [0.15, 0.2) is 0 Å². The maximum atomic E-state index is 12.8. The smallest absolute Gasteiger partial charge is 0.272 e. The normalized spacial score (nSPS) is 18.0. The van der Waals surface area contributed by atoms with Crippen molar-refractivity contribution in [3.63, 3.8) is 0 Å². The highest BCUT2D eigenvalue weighted by molar-refractivity contribution is 5.93. The van der Waals surface area contributed by atoms with Crippen molar-refractivity contribution in [1.29, 1.82) is 0 Å². The number of likely N-dealkylation sites (tertiary alicyclic amines) is 1. The fourth-order valence-electron chi connectivity index (χ4n) is 3.21. The van der Waals surface area contributed by atoms with Gasteiger partial charge < -0.3 is 9.64 Å². The molecule has 23 heavy (non-hydrogen) atoms. The van der Waals surface area contributed by atoms with E-state index >= 15 is 0 Å². The minimum absolute atomic E-state index is 0.0539. The summed E-state index contributed by atoms with van der Waals surface area (Å²) in [5.41, 5.74) is 2.26. The monoisotopic (exact) mass is 313 g/mol. The van der Waals surface area contributed by atoms with E-state index in [9.17, 15) is 4.79 Å². The van der Waals surface area contributed by atoms with E-state index in [0.29, 0.717) is 11.7 Å². The van der Waals surface area contributed by atoms with Gasteiger partial charge in [-0.1, -0.05) is 19.1 Å². The van der Waals surface area contributed by atoms with Gasteiger partial charge in [0.1, 0.15) is 11.4 Å². The largest absolute Gasteiger partial charge is 0.497 e. The van der Waals surface area contributed by atoms with E-state index in [0.717, 1.165) is 42.8 Å². The maximum Gasteiger partial charge on any atom is 0.272 e. The van der Waals surface area contributed by atoms with Crippen LogP contribution in [0.4, 0.5) is 0 Å². The topological polar surface area (TPSA) is 58.2 Å². The Morgan fingerprint density at radius 3 is 3.04 bits per heavy atom. The number of aromatic nitrogens is 2. The summed E-state index contributed by atoms with van der Waals surface area (Å²) in [6, 6.07) is 9.87. The third-order valence-electron chi connectivity index (χ3n) is 4.53. The molecule has 0 spiro atoms. The quantitative estimate of drug-likeness (QED) is 0.940. The van der Waals surface area contributed by atoms with Crippen LogP contribution in [0.15, 0.2) is 30.3 Å². The number of carbonyl (C=O) groups is 1. The number of nitrogens with one attached hydrogen (secondary N) is 1. The van der Waals surface area contributed by atoms with Gasteiger partial charge >= 0.3 is 0 Å². The summed E-state index contributed by atoms with van der Waals surface area (Å²) in [6.45, 7) is 2.98. The molecule has 2 aromatic rings. The Morgan fingerprint density at radius 2 is 2.26 bits per heavy atom. The van der Waals surface area contributed by atoms with E-state index in [-0.39, 0.29) is 5.91 Å². The average molecular weight is 313 g/mol. The first-order chi connectivity index (χ1) is 11.2. The number of piperidine rings is 1. The van der Waals surface area contributed by atoms with Gasteiger partial charge in [-0.2, -0.15) is 5.10 Å². The number of methoxy groups -OCH3 is 1. The van der Waals surface area contributed by atoms with Crippen molar-refractivity contribution in [1.82, 2.24) is 15.1 Å². The predicted octanol–water partition coefficient (Wildman–Crippen LogP) is 3.49. The first kappa shape index (κ1) is 15.6. The second-order valence-corrected chi connectivity index (χ2v) is 5.96. The molecule has 1 amide bonds. The van der Waals surface area contributed by atoms with E-state index in [1.807, 2.05) is 35.2 Å². The molecule has 1 fully saturated rings. The summed E-state index contributed by atoms with van der Waals surface area (Å²) in [5, 5.41) is 7.20. The molecule has 1 saturated heterocycles. The van der Waals surface area contributed by atoms with E-state index in [1.54, 1.807) is 7.11 Å². The van der Waals surface area contributed by atoms with Crippen molar-refractivity contribution < 1.29 is 9.53 Å². The second kappa shape index (κ2) is 6.86. The molecule has 0 unspecified atom stereocenters. The van der Waals surface area contributed by atoms with Gasteiger partial charge in [-0.15, -0.1) is 0 Å². The van der Waals surface area contributed by atoms with Gasteiger partial charge in [-0.25, -0.2) is 0 Å². The lowest BCUT2D eigenvalue weighted by molar-refractivity contribution is 0.0602. The Bertz CT molecular complexity index is 680. The van der Waals surface area contributed by atoms with Crippen LogP contribution in [0.25, 0.3) is 11.3 Å². The van der Waals surface area contributed by atoms with Gasteiger partial charge in [0.2, 0.25) is 0 Å². The highest BCUT2D eigenvalue weighted by atomic mass is 16.5. The molecule has 0 aliphatic carbocycles. The van der Waals surface area contributed by atoms with E-state index in [1.165, 1.54) is 6.42 Å². The number of nitrogens with zero attached hydrogens (tertiary/aromatic N) is 2. The number of rotatable bonds is 4. The molecule has 0 saturated carbocycles. The molecule has 0 radical (unpaired) electrons. The lowest BCUT2D eigenvalue weighted by Gasteiger charge is -2.34. The number of benzene rings is 1. The molecule has 2 heterocycles. The summed E-state index contributed by atoms with van der Waals surface area (Å²) < 4.78 is 5.24. The van der Waals surface area contributed by atoms with Crippen LogP contribution in [0.2, 0.25) is 0 Å². The summed E-state index contributed by atoms with van der Waals surface area (Å²) in [4.78, 5) is 14.8. The van der Waals surface area contributed by atoms with Crippen molar-refractivity contribution in [3.8, 4) is 17.0 Å². The van der Waals surface area contributed by atoms with Crippen LogP contribution in [-0.2, 0) is 0 Å². The summed E-state index contributed by atoms with van der Waals surface area (Å²) >= 11 is 0. The van der Waals surface area contributed by atoms with Crippen LogP contribution < -0.4 is 4.74 Å². The number of carbonyl (C=O) groups excluding carboxylic acids is 1. The van der Waals surface area contributed by atoms with Gasteiger partial charge in [0.25, 0.3) is 5.91 Å². The molecule has 5 nitrogen and oxygen atoms in total. The molecular formula is C18H23N3O2. The van der Waals surface area contributed by atoms with Crippen molar-refractivity contribution in [2.24, 2.45) is 0 Å². The molecule has 0 bridgehead atoms. The van der Waals surface area contributed by atoms with Crippen LogP contribution in [-0.4, -0.2) is 40.7 Å². The van der Waals surface area contributed by atoms with Crippen LogP contribution in [0, 0.1) is 0 Å². The molecule has 1 aliphatic heterocycles. The van der Waals surface area contributed by atoms with Crippen LogP contribution in [0.1, 0.15) is 43.1 Å². The molecule has 1 aromatic carbocycles. The number of hydrogen-bond acceptors (Lipinski definition) is 3. The molecule has 122 valence electrons. The molecule has 1 N–H and O–H groups in total. The first-order valence-corrected chi connectivity index (χ1v) is 8.23.